The van der Waals surface area contributed by atoms with E-state index >= 15 is 0 Å². The lowest BCUT2D eigenvalue weighted by Crippen LogP contribution is -2.15. The Labute approximate surface area is 170 Å². The summed E-state index contributed by atoms with van der Waals surface area (Å²) in [7, 11) is -3.86. The fourth-order valence-corrected chi connectivity index (χ4v) is 4.67. The van der Waals surface area contributed by atoms with Crippen LogP contribution >= 0.6 is 27.5 Å². The maximum absolute atomic E-state index is 13.8. The number of rotatable bonds is 5. The van der Waals surface area contributed by atoms with Crippen molar-refractivity contribution in [3.63, 3.8) is 0 Å². The van der Waals surface area contributed by atoms with Crippen molar-refractivity contribution in [2.75, 3.05) is 4.72 Å². The van der Waals surface area contributed by atoms with Gasteiger partial charge in [0.05, 0.1) is 15.9 Å². The Kier molecular flexibility index (Phi) is 5.60. The predicted octanol–water partition coefficient (Wildman–Crippen LogP) is 4.90. The van der Waals surface area contributed by atoms with Crippen LogP contribution in [0, 0.1) is 19.7 Å². The molecule has 9 heteroatoms. The highest BCUT2D eigenvalue weighted by atomic mass is 79.9. The molecular weight excluding hydrogens is 457 g/mol. The van der Waals surface area contributed by atoms with E-state index in [0.717, 1.165) is 0 Å². The number of hydrogen-bond donors (Lipinski definition) is 1. The maximum Gasteiger partial charge on any atom is 0.263 e. The standard InChI is InChI=1S/C18H16BrClFN3O2S/c1-11-8-17(12(2)7-15(11)20)27(25,26)23-18-14(19)10-24(22-18)9-13-5-3-4-6-16(13)21/h3-8,10H,9H2,1-2H3,(H,22,23). The lowest BCUT2D eigenvalue weighted by molar-refractivity contribution is 0.585. The van der Waals surface area contributed by atoms with Gasteiger partial charge in [0.1, 0.15) is 5.82 Å². The Hall–Kier alpha value is -1.90. The van der Waals surface area contributed by atoms with E-state index in [2.05, 4.69) is 25.8 Å². The van der Waals surface area contributed by atoms with Gasteiger partial charge in [0.2, 0.25) is 0 Å². The van der Waals surface area contributed by atoms with Crippen molar-refractivity contribution in [2.24, 2.45) is 0 Å². The van der Waals surface area contributed by atoms with Gasteiger partial charge < -0.3 is 0 Å². The minimum Gasteiger partial charge on any atom is -0.265 e. The van der Waals surface area contributed by atoms with Crippen LogP contribution in [0.3, 0.4) is 0 Å². The molecule has 0 radical (unpaired) electrons. The van der Waals surface area contributed by atoms with Gasteiger partial charge in [0, 0.05) is 16.8 Å². The summed E-state index contributed by atoms with van der Waals surface area (Å²) < 4.78 is 43.7. The number of sulfonamides is 1. The molecule has 2 aromatic carbocycles. The van der Waals surface area contributed by atoms with Gasteiger partial charge in [-0.25, -0.2) is 12.8 Å². The number of hydrogen-bond acceptors (Lipinski definition) is 3. The minimum absolute atomic E-state index is 0.123. The van der Waals surface area contributed by atoms with Gasteiger partial charge >= 0.3 is 0 Å². The molecule has 0 bridgehead atoms. The third-order valence-corrected chi connectivity index (χ3v) is 6.45. The van der Waals surface area contributed by atoms with Gasteiger partial charge in [-0.15, -0.1) is 0 Å². The first kappa shape index (κ1) is 19.9. The molecule has 142 valence electrons. The number of halogens is 3. The monoisotopic (exact) mass is 471 g/mol. The van der Waals surface area contributed by atoms with Crippen LogP contribution < -0.4 is 4.72 Å². The summed E-state index contributed by atoms with van der Waals surface area (Å²) in [5, 5.41) is 4.71. The van der Waals surface area contributed by atoms with Crippen molar-refractivity contribution in [3.8, 4) is 0 Å². The summed E-state index contributed by atoms with van der Waals surface area (Å²) in [4.78, 5) is 0.125. The van der Waals surface area contributed by atoms with E-state index in [4.69, 9.17) is 11.6 Å². The predicted molar refractivity (Wildman–Crippen MR) is 107 cm³/mol. The molecule has 3 aromatic rings. The molecule has 0 saturated heterocycles. The van der Waals surface area contributed by atoms with Gasteiger partial charge in [-0.2, -0.15) is 5.10 Å². The number of benzene rings is 2. The van der Waals surface area contributed by atoms with Crippen LogP contribution in [0.25, 0.3) is 0 Å². The van der Waals surface area contributed by atoms with Crippen molar-refractivity contribution >= 4 is 43.4 Å². The van der Waals surface area contributed by atoms with E-state index in [1.54, 1.807) is 44.3 Å². The van der Waals surface area contributed by atoms with Gasteiger partial charge in [-0.1, -0.05) is 29.8 Å². The Morgan fingerprint density at radius 1 is 1.22 bits per heavy atom. The van der Waals surface area contributed by atoms with Crippen molar-refractivity contribution in [1.82, 2.24) is 9.78 Å². The van der Waals surface area contributed by atoms with Crippen molar-refractivity contribution in [1.29, 1.82) is 0 Å². The molecule has 0 spiro atoms. The highest BCUT2D eigenvalue weighted by Gasteiger charge is 2.21. The van der Waals surface area contributed by atoms with Crippen LogP contribution in [-0.2, 0) is 16.6 Å². The minimum atomic E-state index is -3.86. The lowest BCUT2D eigenvalue weighted by atomic mass is 10.2. The van der Waals surface area contributed by atoms with Gasteiger partial charge in [-0.3, -0.25) is 9.40 Å². The van der Waals surface area contributed by atoms with Crippen LogP contribution in [0.15, 0.2) is 52.0 Å². The Bertz CT molecular complexity index is 1120. The number of nitrogens with one attached hydrogen (secondary N) is 1. The zero-order valence-corrected chi connectivity index (χ0v) is 17.7. The molecule has 0 aliphatic rings. The van der Waals surface area contributed by atoms with E-state index in [1.807, 2.05) is 0 Å². The van der Waals surface area contributed by atoms with E-state index in [-0.39, 0.29) is 23.1 Å². The number of aromatic nitrogens is 2. The van der Waals surface area contributed by atoms with Crippen LogP contribution in [0.4, 0.5) is 10.2 Å². The fraction of sp³-hybridized carbons (Fsp3) is 0.167. The molecule has 27 heavy (non-hydrogen) atoms. The molecule has 3 rings (SSSR count). The molecule has 0 aliphatic heterocycles. The zero-order valence-electron chi connectivity index (χ0n) is 14.5. The molecular formula is C18H16BrClFN3O2S. The molecule has 0 atom stereocenters. The van der Waals surface area contributed by atoms with E-state index in [9.17, 15) is 12.8 Å². The van der Waals surface area contributed by atoms with Crippen molar-refractivity contribution in [3.05, 3.63) is 74.6 Å². The number of anilines is 1. The second-order valence-corrected chi connectivity index (χ2v) is 9.00. The first-order valence-corrected chi connectivity index (χ1v) is 10.6. The quantitative estimate of drug-likeness (QED) is 0.574. The first-order valence-electron chi connectivity index (χ1n) is 7.93. The largest absolute Gasteiger partial charge is 0.265 e. The average Bonchev–Trinajstić information content (AvgIpc) is 2.91. The molecule has 0 amide bonds. The van der Waals surface area contributed by atoms with Crippen LogP contribution in [-0.4, -0.2) is 18.2 Å². The fourth-order valence-electron chi connectivity index (χ4n) is 2.57. The third kappa shape index (κ3) is 4.34. The van der Waals surface area contributed by atoms with Crippen LogP contribution in [0.2, 0.25) is 5.02 Å². The molecule has 0 unspecified atom stereocenters. The Morgan fingerprint density at radius 2 is 1.93 bits per heavy atom. The molecule has 5 nitrogen and oxygen atoms in total. The van der Waals surface area contributed by atoms with Crippen molar-refractivity contribution < 1.29 is 12.8 Å². The van der Waals surface area contributed by atoms with Crippen LogP contribution in [0.5, 0.6) is 0 Å². The number of aryl methyl sites for hydroxylation is 2. The maximum atomic E-state index is 13.8. The highest BCUT2D eigenvalue weighted by molar-refractivity contribution is 9.10. The van der Waals surface area contributed by atoms with Gasteiger partial charge in [0.25, 0.3) is 10.0 Å². The third-order valence-electron chi connectivity index (χ3n) is 3.98. The van der Waals surface area contributed by atoms with Gasteiger partial charge in [0.15, 0.2) is 5.82 Å². The Balaban J connectivity index is 1.89. The normalized spacial score (nSPS) is 11.6. The summed E-state index contributed by atoms with van der Waals surface area (Å²) in [6.07, 6.45) is 1.59. The lowest BCUT2D eigenvalue weighted by Gasteiger charge is -2.11. The number of nitrogens with zero attached hydrogens (tertiary/aromatic N) is 2. The van der Waals surface area contributed by atoms with E-state index in [0.29, 0.717) is 26.2 Å². The van der Waals surface area contributed by atoms with Crippen LogP contribution in [0.1, 0.15) is 16.7 Å². The second kappa shape index (κ2) is 7.61. The smallest absolute Gasteiger partial charge is 0.263 e. The summed E-state index contributed by atoms with van der Waals surface area (Å²) in [6, 6.07) is 9.47. The Morgan fingerprint density at radius 3 is 2.63 bits per heavy atom. The highest BCUT2D eigenvalue weighted by Crippen LogP contribution is 2.28. The molecule has 0 saturated carbocycles. The summed E-state index contributed by atoms with van der Waals surface area (Å²) in [6.45, 7) is 3.58. The first-order chi connectivity index (χ1) is 12.7. The summed E-state index contributed by atoms with van der Waals surface area (Å²) in [5.74, 6) is -0.225. The van der Waals surface area contributed by atoms with Crippen molar-refractivity contribution in [2.45, 2.75) is 25.3 Å². The van der Waals surface area contributed by atoms with Gasteiger partial charge in [-0.05, 0) is 59.1 Å². The SMILES string of the molecule is Cc1cc(S(=O)(=O)Nc2nn(Cc3ccccc3F)cc2Br)c(C)cc1Cl. The van der Waals surface area contributed by atoms with E-state index in [1.165, 1.54) is 16.8 Å². The molecule has 1 heterocycles. The molecule has 1 N–H and O–H groups in total. The molecule has 1 aromatic heterocycles. The summed E-state index contributed by atoms with van der Waals surface area (Å²) in [5.41, 5.74) is 1.64. The van der Waals surface area contributed by atoms with E-state index < -0.39 is 10.0 Å². The average molecular weight is 473 g/mol. The zero-order chi connectivity index (χ0) is 19.8. The second-order valence-electron chi connectivity index (χ2n) is 6.09. The topological polar surface area (TPSA) is 64.0 Å². The molecule has 0 aliphatic carbocycles. The molecule has 0 fully saturated rings. The summed E-state index contributed by atoms with van der Waals surface area (Å²) >= 11 is 9.34.